The molecule has 6 heteroatoms. The Hall–Kier alpha value is -8.19. The molecule has 63 heavy (non-hydrogen) atoms. The molecule has 0 aliphatic carbocycles. The first kappa shape index (κ1) is 30.8. The largest absolute Gasteiger partial charge is 0.387 e. The highest BCUT2D eigenvalue weighted by Gasteiger charge is 2.28. The van der Waals surface area contributed by atoms with Gasteiger partial charge in [0.25, 0.3) is 5.82 Å². The van der Waals surface area contributed by atoms with Crippen molar-refractivity contribution in [3.8, 4) is 51.0 Å². The molecule has 0 bridgehead atoms. The van der Waals surface area contributed by atoms with E-state index >= 15 is 0 Å². The van der Waals surface area contributed by atoms with E-state index < -0.39 is 18.1 Å². The van der Waals surface area contributed by atoms with Crippen LogP contribution in [-0.4, -0.2) is 19.1 Å². The van der Waals surface area contributed by atoms with Crippen LogP contribution in [-0.2, 0) is 0 Å². The summed E-state index contributed by atoms with van der Waals surface area (Å²) < 4.78 is 52.6. The third kappa shape index (κ3) is 5.59. The van der Waals surface area contributed by atoms with Crippen molar-refractivity contribution < 1.29 is 11.4 Å². The number of rotatable bonds is 6. The van der Waals surface area contributed by atoms with Gasteiger partial charge in [-0.1, -0.05) is 163 Å². The Labute approximate surface area is 373 Å². The van der Waals surface area contributed by atoms with E-state index in [4.69, 9.17) is 14.1 Å². The second kappa shape index (κ2) is 14.2. The summed E-state index contributed by atoms with van der Waals surface area (Å²) in [5.74, 6) is 0.726. The quantitative estimate of drug-likeness (QED) is 0.157. The minimum atomic E-state index is -0.475. The highest BCUT2D eigenvalue weighted by molar-refractivity contribution is 7.26. The number of fused-ring (bicyclic) bond motifs is 9. The molecule has 0 N–H and O–H groups in total. The Balaban J connectivity index is 1.17. The second-order valence-electron chi connectivity index (χ2n) is 15.7. The molecule has 0 fully saturated rings. The Bertz CT molecular complexity index is 4140. The molecule has 0 saturated carbocycles. The van der Waals surface area contributed by atoms with E-state index in [1.165, 1.54) is 0 Å². The fourth-order valence-electron chi connectivity index (χ4n) is 9.39. The molecule has 0 amide bonds. The van der Waals surface area contributed by atoms with Crippen molar-refractivity contribution in [2.24, 2.45) is 0 Å². The molecular weight excluding hydrogens is 787 g/mol. The van der Waals surface area contributed by atoms with Crippen LogP contribution in [0.15, 0.2) is 219 Å². The number of nitrogens with zero attached hydrogens (tertiary/aromatic N) is 5. The minimum absolute atomic E-state index is 0.0474. The second-order valence-corrected chi connectivity index (χ2v) is 16.7. The monoisotopic (exact) mass is 827 g/mol. The van der Waals surface area contributed by atoms with Crippen LogP contribution >= 0.6 is 11.3 Å². The molecule has 0 unspecified atom stereocenters. The summed E-state index contributed by atoms with van der Waals surface area (Å²) in [4.78, 5) is 10.6. The van der Waals surface area contributed by atoms with Crippen molar-refractivity contribution in [2.75, 3.05) is 0 Å². The van der Waals surface area contributed by atoms with Crippen LogP contribution in [0.1, 0.15) is 6.85 Å². The van der Waals surface area contributed by atoms with Crippen molar-refractivity contribution in [2.45, 2.75) is 0 Å². The zero-order chi connectivity index (χ0) is 45.8. The molecule has 294 valence electrons. The number of hydrogen-bond acceptors (Lipinski definition) is 3. The van der Waals surface area contributed by atoms with Gasteiger partial charge < -0.3 is 4.57 Å². The third-order valence-electron chi connectivity index (χ3n) is 12.2. The summed E-state index contributed by atoms with van der Waals surface area (Å²) >= 11 is 1.66. The molecule has 0 aliphatic heterocycles. The maximum absolute atomic E-state index is 9.29. The molecule has 4 aromatic heterocycles. The van der Waals surface area contributed by atoms with Crippen LogP contribution < -0.4 is 4.57 Å². The fourth-order valence-corrected chi connectivity index (χ4v) is 10.7. The number of aromatic nitrogens is 5. The number of hydrogen-bond donors (Lipinski definition) is 0. The van der Waals surface area contributed by atoms with E-state index in [0.717, 1.165) is 91.7 Å². The van der Waals surface area contributed by atoms with Gasteiger partial charge in [0.1, 0.15) is 5.69 Å². The molecule has 13 aromatic rings. The molecule has 5 nitrogen and oxygen atoms in total. The van der Waals surface area contributed by atoms with Gasteiger partial charge in [0.2, 0.25) is 6.33 Å². The van der Waals surface area contributed by atoms with E-state index in [-0.39, 0.29) is 17.8 Å². The van der Waals surface area contributed by atoms with Crippen molar-refractivity contribution in [1.29, 1.82) is 0 Å². The van der Waals surface area contributed by atoms with E-state index in [9.17, 15) is 2.74 Å². The van der Waals surface area contributed by atoms with Crippen LogP contribution in [0.4, 0.5) is 0 Å². The maximum atomic E-state index is 9.29. The SMILES string of the molecule is [2H]c1c([2H])c([2H])c(-[n+]2cnc(-n3c4ccccc4c4cc(-c5ccccc5)ccc43)nc2-c2cc(-n3c4ccccc4c4ccccc43)cc3c2sc2c(-c4ccccc4)cccc23)c([2H])c1[2H]. The summed E-state index contributed by atoms with van der Waals surface area (Å²) in [5, 5.41) is 6.36. The molecule has 0 saturated heterocycles. The normalized spacial score (nSPS) is 12.9. The van der Waals surface area contributed by atoms with E-state index in [1.807, 2.05) is 36.4 Å². The first-order valence-electron chi connectivity index (χ1n) is 23.3. The summed E-state index contributed by atoms with van der Waals surface area (Å²) in [6, 6.07) is 60.9. The maximum Gasteiger partial charge on any atom is 0.387 e. The summed E-state index contributed by atoms with van der Waals surface area (Å²) in [5.41, 5.74) is 9.78. The molecule has 0 radical (unpaired) electrons. The van der Waals surface area contributed by atoms with Crippen molar-refractivity contribution in [3.05, 3.63) is 219 Å². The summed E-state index contributed by atoms with van der Waals surface area (Å²) in [6.07, 6.45) is 1.56. The van der Waals surface area contributed by atoms with Crippen LogP contribution in [0, 0.1) is 0 Å². The molecular formula is C57H36N5S+. The summed E-state index contributed by atoms with van der Waals surface area (Å²) in [7, 11) is 0. The lowest BCUT2D eigenvalue weighted by Crippen LogP contribution is -2.35. The molecule has 0 atom stereocenters. The number of para-hydroxylation sites is 4. The Morgan fingerprint density at radius 1 is 0.444 bits per heavy atom. The van der Waals surface area contributed by atoms with E-state index in [0.29, 0.717) is 17.3 Å². The van der Waals surface area contributed by atoms with Crippen molar-refractivity contribution in [3.63, 3.8) is 0 Å². The van der Waals surface area contributed by atoms with Gasteiger partial charge >= 0.3 is 5.95 Å². The van der Waals surface area contributed by atoms with Crippen molar-refractivity contribution in [1.82, 2.24) is 19.1 Å². The van der Waals surface area contributed by atoms with Gasteiger partial charge in [-0.25, -0.2) is 4.57 Å². The minimum Gasteiger partial charge on any atom is -0.309 e. The number of thiophene rings is 1. The Morgan fingerprint density at radius 3 is 1.75 bits per heavy atom. The van der Waals surface area contributed by atoms with E-state index in [2.05, 4.69) is 155 Å². The predicted molar refractivity (Wildman–Crippen MR) is 261 cm³/mol. The summed E-state index contributed by atoms with van der Waals surface area (Å²) in [6.45, 7) is 0. The topological polar surface area (TPSA) is 39.5 Å². The Kier molecular flexibility index (Phi) is 6.94. The highest BCUT2D eigenvalue weighted by atomic mass is 32.1. The third-order valence-corrected chi connectivity index (χ3v) is 13.5. The van der Waals surface area contributed by atoms with Crippen LogP contribution in [0.25, 0.3) is 115 Å². The average Bonchev–Trinajstić information content (AvgIpc) is 4.05. The Morgan fingerprint density at radius 2 is 1.03 bits per heavy atom. The fraction of sp³-hybridized carbons (Fsp3) is 0. The number of benzene rings is 9. The van der Waals surface area contributed by atoms with Gasteiger partial charge in [0.05, 0.1) is 34.5 Å². The van der Waals surface area contributed by atoms with Crippen LogP contribution in [0.2, 0.25) is 0 Å². The molecule has 4 heterocycles. The molecule has 0 aliphatic rings. The van der Waals surface area contributed by atoms with Gasteiger partial charge in [0.15, 0.2) is 0 Å². The van der Waals surface area contributed by atoms with Gasteiger partial charge in [-0.2, -0.15) is 4.57 Å². The lowest BCUT2D eigenvalue weighted by atomic mass is 10.0. The highest BCUT2D eigenvalue weighted by Crippen LogP contribution is 2.46. The van der Waals surface area contributed by atoms with Crippen LogP contribution in [0.5, 0.6) is 0 Å². The lowest BCUT2D eigenvalue weighted by Gasteiger charge is -2.13. The molecule has 0 spiro atoms. The van der Waals surface area contributed by atoms with Gasteiger partial charge in [-0.15, -0.1) is 11.3 Å². The average molecular weight is 828 g/mol. The predicted octanol–water partition coefficient (Wildman–Crippen LogP) is 14.3. The van der Waals surface area contributed by atoms with E-state index in [1.54, 1.807) is 22.2 Å². The zero-order valence-corrected chi connectivity index (χ0v) is 34.4. The van der Waals surface area contributed by atoms with Gasteiger partial charge in [0, 0.05) is 47.4 Å². The van der Waals surface area contributed by atoms with Crippen molar-refractivity contribution >= 4 is 75.1 Å². The molecule has 13 rings (SSSR count). The van der Waals surface area contributed by atoms with Gasteiger partial charge in [-0.05, 0) is 81.8 Å². The first-order chi connectivity index (χ1) is 33.3. The molecule has 9 aromatic carbocycles. The van der Waals surface area contributed by atoms with Crippen LogP contribution in [0.3, 0.4) is 0 Å². The standard InChI is InChI=1S/C57H36N5S/c1-4-17-37(18-5-1)39-31-32-53-47(33-39)45-25-12-15-30-52(45)62(53)57-58-36-60(40-21-8-3-9-22-40)56(59-57)49-35-41(61-50-28-13-10-23-43(50)44-24-11-14-29-51(44)61)34-48-46-27-16-26-42(54(46)63-55(48)49)38-19-6-2-7-20-38/h1-36H/q+1/i3D,8D,9D,21D,22D. The van der Waals surface area contributed by atoms with Gasteiger partial charge in [-0.3, -0.25) is 0 Å². The first-order valence-corrected chi connectivity index (χ1v) is 21.6. The zero-order valence-electron chi connectivity index (χ0n) is 38.5. The smallest absolute Gasteiger partial charge is 0.309 e. The lowest BCUT2D eigenvalue weighted by molar-refractivity contribution is -0.590.